The highest BCUT2D eigenvalue weighted by Gasteiger charge is 2.29. The summed E-state index contributed by atoms with van der Waals surface area (Å²) in [6, 6.07) is 7.25. The smallest absolute Gasteiger partial charge is 0.260 e. The van der Waals surface area contributed by atoms with Crippen molar-refractivity contribution in [3.05, 3.63) is 24.3 Å². The molecule has 0 radical (unpaired) electrons. The highest BCUT2D eigenvalue weighted by atomic mass is 16.5. The molecule has 3 rings (SSSR count). The number of nitrogens with zero attached hydrogens (tertiary/aromatic N) is 2. The number of benzene rings is 1. The molecule has 6 heteroatoms. The predicted octanol–water partition coefficient (Wildman–Crippen LogP) is 2.60. The van der Waals surface area contributed by atoms with Gasteiger partial charge >= 0.3 is 0 Å². The molecule has 27 heavy (non-hydrogen) atoms. The molecule has 148 valence electrons. The standard InChI is InChI=1S/C21H31N3O3/c1-16(2)8-9-23-10-12-24(13-11-23)20(25)15-27-19-5-3-4-18(14-19)22-21(26)17-6-7-17/h3-5,14,16-17H,6-13,15H2,1-2H3,(H,22,26). The van der Waals surface area contributed by atoms with Crippen molar-refractivity contribution in [3.63, 3.8) is 0 Å². The lowest BCUT2D eigenvalue weighted by atomic mass is 10.1. The average molecular weight is 373 g/mol. The third kappa shape index (κ3) is 6.24. The zero-order chi connectivity index (χ0) is 19.2. The molecule has 1 aromatic rings. The van der Waals surface area contributed by atoms with Crippen LogP contribution in [0.2, 0.25) is 0 Å². The summed E-state index contributed by atoms with van der Waals surface area (Å²) in [6.45, 7) is 9.01. The second kappa shape index (κ2) is 9.22. The molecule has 1 saturated carbocycles. The Morgan fingerprint density at radius 2 is 1.93 bits per heavy atom. The van der Waals surface area contributed by atoms with Crippen LogP contribution in [0.3, 0.4) is 0 Å². The quantitative estimate of drug-likeness (QED) is 0.761. The molecular weight excluding hydrogens is 342 g/mol. The first kappa shape index (κ1) is 19.7. The van der Waals surface area contributed by atoms with Crippen LogP contribution < -0.4 is 10.1 Å². The van der Waals surface area contributed by atoms with Crippen LogP contribution in [0.5, 0.6) is 5.75 Å². The fourth-order valence-electron chi connectivity index (χ4n) is 3.15. The molecule has 2 amide bonds. The maximum Gasteiger partial charge on any atom is 0.260 e. The van der Waals surface area contributed by atoms with E-state index in [1.165, 1.54) is 6.42 Å². The van der Waals surface area contributed by atoms with Gasteiger partial charge in [0.15, 0.2) is 6.61 Å². The van der Waals surface area contributed by atoms with Crippen LogP contribution in [-0.2, 0) is 9.59 Å². The van der Waals surface area contributed by atoms with Gasteiger partial charge in [0.1, 0.15) is 5.75 Å². The van der Waals surface area contributed by atoms with Gasteiger partial charge in [0.2, 0.25) is 5.91 Å². The Labute approximate surface area is 161 Å². The van der Waals surface area contributed by atoms with E-state index in [0.717, 1.165) is 51.3 Å². The summed E-state index contributed by atoms with van der Waals surface area (Å²) in [4.78, 5) is 28.6. The van der Waals surface area contributed by atoms with Gasteiger partial charge in [0, 0.05) is 43.9 Å². The van der Waals surface area contributed by atoms with E-state index in [2.05, 4.69) is 24.1 Å². The van der Waals surface area contributed by atoms with Crippen molar-refractivity contribution in [2.24, 2.45) is 11.8 Å². The van der Waals surface area contributed by atoms with Crippen molar-refractivity contribution in [2.45, 2.75) is 33.1 Å². The lowest BCUT2D eigenvalue weighted by Gasteiger charge is -2.35. The van der Waals surface area contributed by atoms with E-state index in [9.17, 15) is 9.59 Å². The van der Waals surface area contributed by atoms with E-state index < -0.39 is 0 Å². The number of nitrogens with one attached hydrogen (secondary N) is 1. The van der Waals surface area contributed by atoms with Gasteiger partial charge in [-0.15, -0.1) is 0 Å². The molecule has 0 spiro atoms. The Bertz CT molecular complexity index is 650. The highest BCUT2D eigenvalue weighted by Crippen LogP contribution is 2.30. The Kier molecular flexibility index (Phi) is 6.72. The number of amides is 2. The number of carbonyl (C=O) groups is 2. The molecule has 1 heterocycles. The van der Waals surface area contributed by atoms with Gasteiger partial charge in [-0.25, -0.2) is 0 Å². The van der Waals surface area contributed by atoms with E-state index in [1.807, 2.05) is 23.1 Å². The summed E-state index contributed by atoms with van der Waals surface area (Å²) in [6.07, 6.45) is 3.15. The summed E-state index contributed by atoms with van der Waals surface area (Å²) >= 11 is 0. The molecule has 1 aromatic carbocycles. The van der Waals surface area contributed by atoms with Crippen LogP contribution in [0.1, 0.15) is 33.1 Å². The molecular formula is C21H31N3O3. The van der Waals surface area contributed by atoms with Crippen LogP contribution in [0.25, 0.3) is 0 Å². The fraction of sp³-hybridized carbons (Fsp3) is 0.619. The summed E-state index contributed by atoms with van der Waals surface area (Å²) < 4.78 is 5.67. The SMILES string of the molecule is CC(C)CCN1CCN(C(=O)COc2cccc(NC(=O)C3CC3)c2)CC1. The Morgan fingerprint density at radius 1 is 1.19 bits per heavy atom. The molecule has 0 unspecified atom stereocenters. The summed E-state index contributed by atoms with van der Waals surface area (Å²) in [5, 5.41) is 2.90. The minimum absolute atomic E-state index is 0.0194. The first-order valence-corrected chi connectivity index (χ1v) is 10.0. The molecule has 0 aromatic heterocycles. The maximum absolute atomic E-state index is 12.4. The van der Waals surface area contributed by atoms with Crippen molar-refractivity contribution in [2.75, 3.05) is 44.6 Å². The Balaban J connectivity index is 1.41. The van der Waals surface area contributed by atoms with Gasteiger partial charge in [-0.05, 0) is 43.9 Å². The summed E-state index contributed by atoms with van der Waals surface area (Å²) in [5.41, 5.74) is 0.718. The van der Waals surface area contributed by atoms with Crippen molar-refractivity contribution in [1.29, 1.82) is 0 Å². The van der Waals surface area contributed by atoms with Gasteiger partial charge in [-0.1, -0.05) is 19.9 Å². The second-order valence-electron chi connectivity index (χ2n) is 7.98. The van der Waals surface area contributed by atoms with Gasteiger partial charge in [-0.2, -0.15) is 0 Å². The van der Waals surface area contributed by atoms with Crippen LogP contribution in [0.15, 0.2) is 24.3 Å². The topological polar surface area (TPSA) is 61.9 Å². The molecule has 2 fully saturated rings. The zero-order valence-corrected chi connectivity index (χ0v) is 16.4. The van der Waals surface area contributed by atoms with Crippen LogP contribution in [0, 0.1) is 11.8 Å². The van der Waals surface area contributed by atoms with E-state index in [1.54, 1.807) is 6.07 Å². The number of anilines is 1. The first-order chi connectivity index (χ1) is 13.0. The molecule has 2 aliphatic rings. The molecule has 1 aliphatic heterocycles. The average Bonchev–Trinajstić information content (AvgIpc) is 3.50. The molecule has 6 nitrogen and oxygen atoms in total. The number of carbonyl (C=O) groups excluding carboxylic acids is 2. The zero-order valence-electron chi connectivity index (χ0n) is 16.4. The van der Waals surface area contributed by atoms with Crippen LogP contribution >= 0.6 is 0 Å². The monoisotopic (exact) mass is 373 g/mol. The number of ether oxygens (including phenoxy) is 1. The lowest BCUT2D eigenvalue weighted by molar-refractivity contribution is -0.135. The predicted molar refractivity (Wildman–Crippen MR) is 106 cm³/mol. The molecule has 1 aliphatic carbocycles. The number of hydrogen-bond donors (Lipinski definition) is 1. The number of piperazine rings is 1. The Morgan fingerprint density at radius 3 is 2.59 bits per heavy atom. The lowest BCUT2D eigenvalue weighted by Crippen LogP contribution is -2.50. The molecule has 0 atom stereocenters. The number of rotatable bonds is 8. The summed E-state index contributed by atoms with van der Waals surface area (Å²) in [5.74, 6) is 1.57. The second-order valence-corrected chi connectivity index (χ2v) is 7.98. The fourth-order valence-corrected chi connectivity index (χ4v) is 3.15. The largest absolute Gasteiger partial charge is 0.484 e. The third-order valence-electron chi connectivity index (χ3n) is 5.16. The molecule has 1 N–H and O–H groups in total. The van der Waals surface area contributed by atoms with E-state index >= 15 is 0 Å². The minimum atomic E-state index is 0.0194. The van der Waals surface area contributed by atoms with Gasteiger partial charge < -0.3 is 15.0 Å². The number of hydrogen-bond acceptors (Lipinski definition) is 4. The van der Waals surface area contributed by atoms with E-state index in [4.69, 9.17) is 4.74 Å². The minimum Gasteiger partial charge on any atom is -0.484 e. The van der Waals surface area contributed by atoms with E-state index in [-0.39, 0.29) is 24.3 Å². The van der Waals surface area contributed by atoms with Crippen molar-refractivity contribution >= 4 is 17.5 Å². The van der Waals surface area contributed by atoms with E-state index in [0.29, 0.717) is 11.7 Å². The maximum atomic E-state index is 12.4. The van der Waals surface area contributed by atoms with Crippen molar-refractivity contribution < 1.29 is 14.3 Å². The summed E-state index contributed by atoms with van der Waals surface area (Å²) in [7, 11) is 0. The van der Waals surface area contributed by atoms with Crippen molar-refractivity contribution in [1.82, 2.24) is 9.80 Å². The van der Waals surface area contributed by atoms with Crippen LogP contribution in [-0.4, -0.2) is 60.9 Å². The highest BCUT2D eigenvalue weighted by molar-refractivity contribution is 5.94. The Hall–Kier alpha value is -2.08. The van der Waals surface area contributed by atoms with Crippen LogP contribution in [0.4, 0.5) is 5.69 Å². The van der Waals surface area contributed by atoms with Crippen molar-refractivity contribution in [3.8, 4) is 5.75 Å². The normalized spacial score (nSPS) is 17.8. The van der Waals surface area contributed by atoms with Gasteiger partial charge in [0.25, 0.3) is 5.91 Å². The van der Waals surface area contributed by atoms with Gasteiger partial charge in [0.05, 0.1) is 0 Å². The third-order valence-corrected chi connectivity index (χ3v) is 5.16. The first-order valence-electron chi connectivity index (χ1n) is 10.0. The molecule has 0 bridgehead atoms. The van der Waals surface area contributed by atoms with Gasteiger partial charge in [-0.3, -0.25) is 14.5 Å². The molecule has 1 saturated heterocycles.